The highest BCUT2D eigenvalue weighted by Crippen LogP contribution is 1.95. The SMILES string of the molecule is C#CCC(CC)NC[C@H](O)CO. The molecule has 0 aliphatic carbocycles. The Morgan fingerprint density at radius 3 is 2.67 bits per heavy atom. The van der Waals surface area contributed by atoms with Crippen LogP contribution < -0.4 is 5.32 Å². The van der Waals surface area contributed by atoms with Crippen molar-refractivity contribution in [1.29, 1.82) is 0 Å². The van der Waals surface area contributed by atoms with Gasteiger partial charge in [-0.3, -0.25) is 0 Å². The summed E-state index contributed by atoms with van der Waals surface area (Å²) in [6.45, 7) is 2.22. The Morgan fingerprint density at radius 2 is 2.25 bits per heavy atom. The molecule has 0 saturated heterocycles. The van der Waals surface area contributed by atoms with Gasteiger partial charge in [0, 0.05) is 19.0 Å². The van der Waals surface area contributed by atoms with Crippen molar-refractivity contribution in [2.45, 2.75) is 31.9 Å². The van der Waals surface area contributed by atoms with Crippen LogP contribution in [0.1, 0.15) is 19.8 Å². The summed E-state index contributed by atoms with van der Waals surface area (Å²) in [4.78, 5) is 0. The minimum Gasteiger partial charge on any atom is -0.394 e. The molecular formula is C9H17NO2. The van der Waals surface area contributed by atoms with Crippen LogP contribution in [-0.2, 0) is 0 Å². The van der Waals surface area contributed by atoms with Gasteiger partial charge in [0.2, 0.25) is 0 Å². The molecule has 3 heteroatoms. The van der Waals surface area contributed by atoms with Crippen molar-refractivity contribution in [3.05, 3.63) is 0 Å². The van der Waals surface area contributed by atoms with E-state index >= 15 is 0 Å². The molecule has 12 heavy (non-hydrogen) atoms. The molecule has 2 atom stereocenters. The first kappa shape index (κ1) is 11.4. The number of nitrogens with one attached hydrogen (secondary N) is 1. The second-order valence-electron chi connectivity index (χ2n) is 2.76. The molecule has 0 fully saturated rings. The van der Waals surface area contributed by atoms with E-state index in [9.17, 15) is 0 Å². The zero-order chi connectivity index (χ0) is 9.40. The Labute approximate surface area is 73.8 Å². The van der Waals surface area contributed by atoms with Gasteiger partial charge < -0.3 is 15.5 Å². The van der Waals surface area contributed by atoms with Crippen LogP contribution in [-0.4, -0.2) is 35.5 Å². The number of aliphatic hydroxyl groups is 2. The first-order valence-electron chi connectivity index (χ1n) is 4.20. The minimum absolute atomic E-state index is 0.209. The molecule has 0 aromatic rings. The standard InChI is InChI=1S/C9H17NO2/c1-3-5-8(4-2)10-6-9(12)7-11/h1,8-12H,4-7H2,2H3/t8?,9-/m0/s1. The van der Waals surface area contributed by atoms with E-state index in [4.69, 9.17) is 16.6 Å². The van der Waals surface area contributed by atoms with E-state index in [-0.39, 0.29) is 12.6 Å². The Balaban J connectivity index is 3.51. The second kappa shape index (κ2) is 7.11. The fourth-order valence-electron chi connectivity index (χ4n) is 0.870. The van der Waals surface area contributed by atoms with Crippen LogP contribution in [0, 0.1) is 12.3 Å². The Kier molecular flexibility index (Phi) is 6.78. The summed E-state index contributed by atoms with van der Waals surface area (Å²) in [7, 11) is 0. The molecule has 0 bridgehead atoms. The third kappa shape index (κ3) is 5.14. The first-order chi connectivity index (χ1) is 5.74. The van der Waals surface area contributed by atoms with Gasteiger partial charge in [0.1, 0.15) is 0 Å². The topological polar surface area (TPSA) is 52.5 Å². The molecule has 0 aromatic heterocycles. The van der Waals surface area contributed by atoms with Gasteiger partial charge in [0.15, 0.2) is 0 Å². The summed E-state index contributed by atoms with van der Waals surface area (Å²) in [6.07, 6.45) is 6.05. The number of aliphatic hydroxyl groups excluding tert-OH is 2. The summed E-state index contributed by atoms with van der Waals surface area (Å²) < 4.78 is 0. The predicted molar refractivity (Wildman–Crippen MR) is 48.6 cm³/mol. The maximum Gasteiger partial charge on any atom is 0.0895 e. The van der Waals surface area contributed by atoms with Crippen LogP contribution in [0.25, 0.3) is 0 Å². The fourth-order valence-corrected chi connectivity index (χ4v) is 0.870. The number of terminal acetylenes is 1. The molecule has 1 unspecified atom stereocenters. The summed E-state index contributed by atoms with van der Waals surface area (Å²) >= 11 is 0. The van der Waals surface area contributed by atoms with Crippen molar-refractivity contribution < 1.29 is 10.2 Å². The highest BCUT2D eigenvalue weighted by molar-refractivity contribution is 4.89. The lowest BCUT2D eigenvalue weighted by molar-refractivity contribution is 0.0918. The third-order valence-electron chi connectivity index (χ3n) is 1.71. The highest BCUT2D eigenvalue weighted by atomic mass is 16.3. The summed E-state index contributed by atoms with van der Waals surface area (Å²) in [5.74, 6) is 2.55. The summed E-state index contributed by atoms with van der Waals surface area (Å²) in [6, 6.07) is 0.246. The molecule has 70 valence electrons. The van der Waals surface area contributed by atoms with Crippen LogP contribution in [0.2, 0.25) is 0 Å². The third-order valence-corrected chi connectivity index (χ3v) is 1.71. The lowest BCUT2D eigenvalue weighted by Gasteiger charge is -2.15. The van der Waals surface area contributed by atoms with E-state index in [0.29, 0.717) is 13.0 Å². The van der Waals surface area contributed by atoms with Crippen molar-refractivity contribution in [1.82, 2.24) is 5.32 Å². The Hall–Kier alpha value is -0.560. The molecule has 0 heterocycles. The van der Waals surface area contributed by atoms with E-state index < -0.39 is 6.10 Å². The molecule has 0 radical (unpaired) electrons. The highest BCUT2D eigenvalue weighted by Gasteiger charge is 2.06. The van der Waals surface area contributed by atoms with Gasteiger partial charge >= 0.3 is 0 Å². The summed E-state index contributed by atoms with van der Waals surface area (Å²) in [5, 5.41) is 20.6. The van der Waals surface area contributed by atoms with Gasteiger partial charge in [0.05, 0.1) is 12.7 Å². The van der Waals surface area contributed by atoms with Crippen molar-refractivity contribution in [2.24, 2.45) is 0 Å². The predicted octanol–water partition coefficient (Wildman–Crippen LogP) is -0.269. The molecule has 0 aliphatic rings. The average Bonchev–Trinajstić information content (AvgIpc) is 2.11. The van der Waals surface area contributed by atoms with E-state index in [2.05, 4.69) is 11.2 Å². The summed E-state index contributed by atoms with van der Waals surface area (Å²) in [5.41, 5.74) is 0. The molecule has 0 aliphatic heterocycles. The molecule has 0 rings (SSSR count). The van der Waals surface area contributed by atoms with Crippen LogP contribution in [0.4, 0.5) is 0 Å². The first-order valence-corrected chi connectivity index (χ1v) is 4.20. The van der Waals surface area contributed by atoms with Crippen molar-refractivity contribution in [3.8, 4) is 12.3 Å². The van der Waals surface area contributed by atoms with Gasteiger partial charge in [0.25, 0.3) is 0 Å². The molecule has 0 amide bonds. The van der Waals surface area contributed by atoms with Gasteiger partial charge in [-0.25, -0.2) is 0 Å². The molecule has 3 N–H and O–H groups in total. The molecule has 0 spiro atoms. The van der Waals surface area contributed by atoms with Crippen LogP contribution in [0.3, 0.4) is 0 Å². The van der Waals surface area contributed by atoms with Crippen molar-refractivity contribution in [2.75, 3.05) is 13.2 Å². The van der Waals surface area contributed by atoms with Gasteiger partial charge in [-0.1, -0.05) is 6.92 Å². The van der Waals surface area contributed by atoms with Crippen LogP contribution in [0.15, 0.2) is 0 Å². The minimum atomic E-state index is -0.683. The van der Waals surface area contributed by atoms with Crippen LogP contribution in [0.5, 0.6) is 0 Å². The normalized spacial score (nSPS) is 15.2. The average molecular weight is 171 g/mol. The van der Waals surface area contributed by atoms with Gasteiger partial charge in [-0.15, -0.1) is 12.3 Å². The van der Waals surface area contributed by atoms with Crippen LogP contribution >= 0.6 is 0 Å². The zero-order valence-corrected chi connectivity index (χ0v) is 7.45. The molecule has 3 nitrogen and oxygen atoms in total. The Bertz CT molecular complexity index is 142. The van der Waals surface area contributed by atoms with Crippen molar-refractivity contribution in [3.63, 3.8) is 0 Å². The molecule has 0 saturated carbocycles. The monoisotopic (exact) mass is 171 g/mol. The molecule has 0 aromatic carbocycles. The maximum absolute atomic E-state index is 9.01. The quantitative estimate of drug-likeness (QED) is 0.482. The van der Waals surface area contributed by atoms with Crippen molar-refractivity contribution >= 4 is 0 Å². The number of hydrogen-bond donors (Lipinski definition) is 3. The largest absolute Gasteiger partial charge is 0.394 e. The number of rotatable bonds is 6. The maximum atomic E-state index is 9.01. The van der Waals surface area contributed by atoms with E-state index in [1.54, 1.807) is 0 Å². The van der Waals surface area contributed by atoms with E-state index in [1.807, 2.05) is 6.92 Å². The van der Waals surface area contributed by atoms with E-state index in [0.717, 1.165) is 6.42 Å². The fraction of sp³-hybridized carbons (Fsp3) is 0.778. The Morgan fingerprint density at radius 1 is 1.58 bits per heavy atom. The second-order valence-corrected chi connectivity index (χ2v) is 2.76. The lowest BCUT2D eigenvalue weighted by atomic mass is 10.1. The van der Waals surface area contributed by atoms with Gasteiger partial charge in [-0.2, -0.15) is 0 Å². The number of hydrogen-bond acceptors (Lipinski definition) is 3. The smallest absolute Gasteiger partial charge is 0.0895 e. The lowest BCUT2D eigenvalue weighted by Crippen LogP contribution is -2.36. The van der Waals surface area contributed by atoms with E-state index in [1.165, 1.54) is 0 Å². The zero-order valence-electron chi connectivity index (χ0n) is 7.45. The van der Waals surface area contributed by atoms with Gasteiger partial charge in [-0.05, 0) is 6.42 Å². The molecular weight excluding hydrogens is 154 g/mol.